The number of hydrogen-bond donors (Lipinski definition) is 0. The van der Waals surface area contributed by atoms with Crippen LogP contribution in [0.15, 0.2) is 61.7 Å². The van der Waals surface area contributed by atoms with Gasteiger partial charge in [0.1, 0.15) is 5.82 Å². The Hall–Kier alpha value is -2.55. The highest BCUT2D eigenvalue weighted by molar-refractivity contribution is 5.71. The lowest BCUT2D eigenvalue weighted by molar-refractivity contribution is 0.962. The molecule has 0 spiro atoms. The van der Waals surface area contributed by atoms with Gasteiger partial charge in [0.05, 0.1) is 0 Å². The van der Waals surface area contributed by atoms with Gasteiger partial charge in [-0.3, -0.25) is 0 Å². The summed E-state index contributed by atoms with van der Waals surface area (Å²) in [6.07, 6.45) is 5.24. The maximum Gasteiger partial charge on any atom is 0.163 e. The molecule has 0 aliphatic carbocycles. The van der Waals surface area contributed by atoms with Crippen LogP contribution in [0.1, 0.15) is 39.3 Å². The van der Waals surface area contributed by atoms with Gasteiger partial charge in [-0.1, -0.05) is 89.4 Å². The SMILES string of the molecule is C=C/C=C(\C=C)c1nc(C)nc(-c2ccccc2)n1.CC.CC. The molecular formula is C20H27N3. The smallest absolute Gasteiger partial charge is 0.163 e. The van der Waals surface area contributed by atoms with Crippen LogP contribution in [0.4, 0.5) is 0 Å². The van der Waals surface area contributed by atoms with Crippen LogP contribution < -0.4 is 0 Å². The Bertz CT molecular complexity index is 629. The van der Waals surface area contributed by atoms with E-state index in [2.05, 4.69) is 28.1 Å². The predicted molar refractivity (Wildman–Crippen MR) is 101 cm³/mol. The quantitative estimate of drug-likeness (QED) is 0.684. The Balaban J connectivity index is 0.00000112. The first-order valence-electron chi connectivity index (χ1n) is 7.98. The summed E-state index contributed by atoms with van der Waals surface area (Å²) in [4.78, 5) is 13.2. The lowest BCUT2D eigenvalue weighted by Gasteiger charge is -2.05. The molecule has 0 aliphatic rings. The van der Waals surface area contributed by atoms with E-state index in [1.165, 1.54) is 0 Å². The average Bonchev–Trinajstić information content (AvgIpc) is 2.63. The molecule has 3 heteroatoms. The first kappa shape index (κ1) is 20.5. The van der Waals surface area contributed by atoms with Crippen molar-refractivity contribution in [2.45, 2.75) is 34.6 Å². The first-order valence-corrected chi connectivity index (χ1v) is 7.98. The number of rotatable bonds is 4. The van der Waals surface area contributed by atoms with Gasteiger partial charge >= 0.3 is 0 Å². The molecule has 0 amide bonds. The summed E-state index contributed by atoms with van der Waals surface area (Å²) < 4.78 is 0. The van der Waals surface area contributed by atoms with E-state index >= 15 is 0 Å². The molecule has 0 bridgehead atoms. The number of allylic oxidation sites excluding steroid dienone is 4. The van der Waals surface area contributed by atoms with Gasteiger partial charge in [0.25, 0.3) is 0 Å². The molecule has 1 aromatic heterocycles. The molecule has 3 nitrogen and oxygen atoms in total. The Morgan fingerprint density at radius 3 is 2.04 bits per heavy atom. The van der Waals surface area contributed by atoms with E-state index in [9.17, 15) is 0 Å². The van der Waals surface area contributed by atoms with E-state index in [-0.39, 0.29) is 0 Å². The Kier molecular flexibility index (Phi) is 10.7. The average molecular weight is 309 g/mol. The molecule has 0 saturated carbocycles. The van der Waals surface area contributed by atoms with Gasteiger partial charge in [0.15, 0.2) is 11.6 Å². The molecular weight excluding hydrogens is 282 g/mol. The largest absolute Gasteiger partial charge is 0.213 e. The van der Waals surface area contributed by atoms with E-state index in [0.717, 1.165) is 11.1 Å². The van der Waals surface area contributed by atoms with Crippen LogP contribution in [0, 0.1) is 6.92 Å². The van der Waals surface area contributed by atoms with Gasteiger partial charge in [-0.05, 0) is 6.92 Å². The second-order valence-corrected chi connectivity index (χ2v) is 3.96. The Morgan fingerprint density at radius 2 is 1.52 bits per heavy atom. The van der Waals surface area contributed by atoms with Crippen molar-refractivity contribution in [3.63, 3.8) is 0 Å². The second-order valence-electron chi connectivity index (χ2n) is 3.96. The minimum absolute atomic E-state index is 0.612. The highest BCUT2D eigenvalue weighted by atomic mass is 15.0. The summed E-state index contributed by atoms with van der Waals surface area (Å²) in [5.41, 5.74) is 1.80. The standard InChI is InChI=1S/C16H15N3.2C2H6/c1-4-9-13(5-2)15-17-12(3)18-16(19-15)14-10-7-6-8-11-14;2*1-2/h4-11H,1-2H2,3H3;2*1-2H3/b13-9+;;. The number of aryl methyl sites for hydroxylation is 1. The van der Waals surface area contributed by atoms with Crippen LogP contribution in [0.3, 0.4) is 0 Å². The van der Waals surface area contributed by atoms with Crippen LogP contribution in [-0.2, 0) is 0 Å². The third kappa shape index (κ3) is 6.39. The summed E-state index contributed by atoms with van der Waals surface area (Å²) in [6.45, 7) is 17.3. The summed E-state index contributed by atoms with van der Waals surface area (Å²) >= 11 is 0. The molecule has 1 heterocycles. The van der Waals surface area contributed by atoms with Crippen LogP contribution in [-0.4, -0.2) is 15.0 Å². The van der Waals surface area contributed by atoms with E-state index in [1.54, 1.807) is 12.2 Å². The Labute approximate surface area is 140 Å². The zero-order chi connectivity index (χ0) is 17.7. The molecule has 0 fully saturated rings. The van der Waals surface area contributed by atoms with Crippen molar-refractivity contribution >= 4 is 5.57 Å². The van der Waals surface area contributed by atoms with Crippen molar-refractivity contribution < 1.29 is 0 Å². The topological polar surface area (TPSA) is 38.7 Å². The fourth-order valence-electron chi connectivity index (χ4n) is 1.69. The lowest BCUT2D eigenvalue weighted by Crippen LogP contribution is -2.01. The molecule has 0 N–H and O–H groups in total. The fourth-order valence-corrected chi connectivity index (χ4v) is 1.69. The van der Waals surface area contributed by atoms with Gasteiger partial charge in [0.2, 0.25) is 0 Å². The molecule has 0 aliphatic heterocycles. The van der Waals surface area contributed by atoms with Crippen molar-refractivity contribution in [3.8, 4) is 11.4 Å². The highest BCUT2D eigenvalue weighted by Crippen LogP contribution is 2.17. The van der Waals surface area contributed by atoms with Gasteiger partial charge in [-0.15, -0.1) is 0 Å². The molecule has 0 unspecified atom stereocenters. The summed E-state index contributed by atoms with van der Waals surface area (Å²) in [5, 5.41) is 0. The normalized spacial score (nSPS) is 9.70. The van der Waals surface area contributed by atoms with E-state index in [1.807, 2.05) is 71.0 Å². The molecule has 23 heavy (non-hydrogen) atoms. The highest BCUT2D eigenvalue weighted by Gasteiger charge is 2.07. The van der Waals surface area contributed by atoms with Crippen LogP contribution in [0.25, 0.3) is 17.0 Å². The number of hydrogen-bond acceptors (Lipinski definition) is 3. The summed E-state index contributed by atoms with van der Waals surface area (Å²) in [6, 6.07) is 9.84. The molecule has 122 valence electrons. The minimum atomic E-state index is 0.612. The summed E-state index contributed by atoms with van der Waals surface area (Å²) in [7, 11) is 0. The molecule has 1 aromatic carbocycles. The maximum atomic E-state index is 4.48. The van der Waals surface area contributed by atoms with Crippen LogP contribution >= 0.6 is 0 Å². The van der Waals surface area contributed by atoms with Gasteiger partial charge < -0.3 is 0 Å². The first-order chi connectivity index (χ1) is 11.2. The lowest BCUT2D eigenvalue weighted by atomic mass is 10.2. The van der Waals surface area contributed by atoms with Crippen molar-refractivity contribution in [3.05, 3.63) is 73.4 Å². The van der Waals surface area contributed by atoms with Gasteiger partial charge in [-0.2, -0.15) is 0 Å². The van der Waals surface area contributed by atoms with E-state index in [4.69, 9.17) is 0 Å². The predicted octanol–water partition coefficient (Wildman–Crippen LogP) is 5.65. The fraction of sp³-hybridized carbons (Fsp3) is 0.250. The van der Waals surface area contributed by atoms with Crippen molar-refractivity contribution in [2.24, 2.45) is 0 Å². The maximum absolute atomic E-state index is 4.48. The van der Waals surface area contributed by atoms with Crippen molar-refractivity contribution in [2.75, 3.05) is 0 Å². The summed E-state index contributed by atoms with van der Waals surface area (Å²) in [5.74, 6) is 1.96. The third-order valence-corrected chi connectivity index (χ3v) is 2.55. The second kappa shape index (κ2) is 12.0. The van der Waals surface area contributed by atoms with Crippen molar-refractivity contribution in [1.29, 1.82) is 0 Å². The number of benzene rings is 1. The molecule has 2 aromatic rings. The number of aromatic nitrogens is 3. The Morgan fingerprint density at radius 1 is 0.913 bits per heavy atom. The molecule has 0 radical (unpaired) electrons. The van der Waals surface area contributed by atoms with Crippen LogP contribution in [0.5, 0.6) is 0 Å². The van der Waals surface area contributed by atoms with Gasteiger partial charge in [-0.25, -0.2) is 15.0 Å². The van der Waals surface area contributed by atoms with E-state index in [0.29, 0.717) is 17.5 Å². The number of nitrogens with zero attached hydrogens (tertiary/aromatic N) is 3. The molecule has 0 saturated heterocycles. The minimum Gasteiger partial charge on any atom is -0.213 e. The monoisotopic (exact) mass is 309 g/mol. The third-order valence-electron chi connectivity index (χ3n) is 2.55. The van der Waals surface area contributed by atoms with E-state index < -0.39 is 0 Å². The molecule has 2 rings (SSSR count). The van der Waals surface area contributed by atoms with Crippen LogP contribution in [0.2, 0.25) is 0 Å². The zero-order valence-electron chi connectivity index (χ0n) is 14.9. The molecule has 0 atom stereocenters. The van der Waals surface area contributed by atoms with Gasteiger partial charge in [0, 0.05) is 11.1 Å². The van der Waals surface area contributed by atoms with Crippen molar-refractivity contribution in [1.82, 2.24) is 15.0 Å². The zero-order valence-corrected chi connectivity index (χ0v) is 14.9.